The lowest BCUT2D eigenvalue weighted by Crippen LogP contribution is -2.44. The Bertz CT molecular complexity index is 421. The molecule has 7 heteroatoms. The van der Waals surface area contributed by atoms with Crippen LogP contribution in [0.4, 0.5) is 0 Å². The Morgan fingerprint density at radius 3 is 2.81 bits per heavy atom. The maximum Gasteiger partial charge on any atom is 0.171 e. The van der Waals surface area contributed by atoms with Crippen LogP contribution in [0.1, 0.15) is 12.0 Å². The van der Waals surface area contributed by atoms with Gasteiger partial charge >= 0.3 is 0 Å². The fourth-order valence-corrected chi connectivity index (χ4v) is 2.11. The summed E-state index contributed by atoms with van der Waals surface area (Å²) in [5, 5.41) is 3.92. The number of nitrogens with two attached hydrogens (primary N) is 1. The minimum absolute atomic E-state index is 0. The van der Waals surface area contributed by atoms with Gasteiger partial charge in [0, 0.05) is 50.7 Å². The van der Waals surface area contributed by atoms with Gasteiger partial charge in [0.2, 0.25) is 0 Å². The molecule has 1 aromatic rings. The van der Waals surface area contributed by atoms with E-state index in [0.717, 1.165) is 44.7 Å². The maximum absolute atomic E-state index is 5.80. The first-order valence-electron chi connectivity index (χ1n) is 7.02. The number of amidine groups is 1. The molecule has 2 rings (SSSR count). The molecule has 0 atom stereocenters. The highest BCUT2D eigenvalue weighted by molar-refractivity contribution is 5.96. The van der Waals surface area contributed by atoms with Crippen molar-refractivity contribution in [1.82, 2.24) is 14.8 Å². The third-order valence-corrected chi connectivity index (χ3v) is 3.43. The zero-order valence-electron chi connectivity index (χ0n) is 12.4. The molecule has 1 aromatic heterocycles. The van der Waals surface area contributed by atoms with E-state index in [1.54, 1.807) is 12.4 Å². The molecule has 0 aromatic carbocycles. The van der Waals surface area contributed by atoms with Crippen LogP contribution in [0, 0.1) is 0 Å². The summed E-state index contributed by atoms with van der Waals surface area (Å²) in [7, 11) is 2.16. The van der Waals surface area contributed by atoms with Gasteiger partial charge in [-0.2, -0.15) is 0 Å². The molecule has 0 aliphatic carbocycles. The van der Waals surface area contributed by atoms with Crippen molar-refractivity contribution in [3.05, 3.63) is 30.1 Å². The van der Waals surface area contributed by atoms with Crippen LogP contribution < -0.4 is 5.73 Å². The lowest BCUT2D eigenvalue weighted by molar-refractivity contribution is 0.111. The molecule has 0 spiro atoms. The molecule has 1 aliphatic rings. The van der Waals surface area contributed by atoms with Crippen molar-refractivity contribution in [2.45, 2.75) is 6.42 Å². The zero-order chi connectivity index (χ0) is 14.2. The number of hydrogen-bond acceptors (Lipinski definition) is 5. The zero-order valence-corrected chi connectivity index (χ0v) is 13.3. The minimum Gasteiger partial charge on any atom is -0.394 e. The summed E-state index contributed by atoms with van der Waals surface area (Å²) in [6, 6.07) is 3.69. The topological polar surface area (TPSA) is 67.0 Å². The molecule has 0 amide bonds. The number of pyridine rings is 1. The van der Waals surface area contributed by atoms with Gasteiger partial charge in [0.15, 0.2) is 5.84 Å². The molecule has 21 heavy (non-hydrogen) atoms. The van der Waals surface area contributed by atoms with E-state index < -0.39 is 0 Å². The number of oxime groups is 1. The first-order chi connectivity index (χ1) is 9.75. The Hall–Kier alpha value is -1.37. The normalized spacial score (nSPS) is 17.3. The maximum atomic E-state index is 5.80. The third-order valence-electron chi connectivity index (χ3n) is 3.43. The summed E-state index contributed by atoms with van der Waals surface area (Å²) in [6.07, 6.45) is 4.34. The second-order valence-corrected chi connectivity index (χ2v) is 5.05. The number of hydrogen-bond donors (Lipinski definition) is 1. The first kappa shape index (κ1) is 17.7. The fourth-order valence-electron chi connectivity index (χ4n) is 2.11. The van der Waals surface area contributed by atoms with Crippen molar-refractivity contribution in [3.63, 3.8) is 0 Å². The monoisotopic (exact) mass is 313 g/mol. The van der Waals surface area contributed by atoms with E-state index in [4.69, 9.17) is 10.6 Å². The highest BCUT2D eigenvalue weighted by atomic mass is 35.5. The van der Waals surface area contributed by atoms with Crippen molar-refractivity contribution in [2.75, 3.05) is 46.4 Å². The largest absolute Gasteiger partial charge is 0.394 e. The van der Waals surface area contributed by atoms with Gasteiger partial charge in [-0.25, -0.2) is 0 Å². The van der Waals surface area contributed by atoms with E-state index >= 15 is 0 Å². The van der Waals surface area contributed by atoms with Crippen LogP contribution in [0.2, 0.25) is 0 Å². The predicted molar refractivity (Wildman–Crippen MR) is 86.7 cm³/mol. The van der Waals surface area contributed by atoms with Gasteiger partial charge in [-0.05, 0) is 25.6 Å². The quantitative estimate of drug-likeness (QED) is 0.364. The van der Waals surface area contributed by atoms with Crippen molar-refractivity contribution in [1.29, 1.82) is 0 Å². The van der Waals surface area contributed by atoms with E-state index in [1.165, 1.54) is 0 Å². The number of rotatable bonds is 6. The SMILES string of the molecule is CN1CCN(CCCO/N=C(\N)c2cccnc2)CC1.Cl. The Kier molecular flexibility index (Phi) is 8.04. The van der Waals surface area contributed by atoms with Crippen LogP contribution in [0.15, 0.2) is 29.7 Å². The van der Waals surface area contributed by atoms with Gasteiger partial charge in [-0.1, -0.05) is 5.16 Å². The molecule has 118 valence electrons. The fraction of sp³-hybridized carbons (Fsp3) is 0.571. The number of piperazine rings is 1. The molecule has 2 N–H and O–H groups in total. The summed E-state index contributed by atoms with van der Waals surface area (Å²) in [6.45, 7) is 6.21. The van der Waals surface area contributed by atoms with Crippen molar-refractivity contribution < 1.29 is 4.84 Å². The average Bonchev–Trinajstić information content (AvgIpc) is 2.49. The van der Waals surface area contributed by atoms with Crippen LogP contribution in [0.3, 0.4) is 0 Å². The second kappa shape index (κ2) is 9.55. The minimum atomic E-state index is 0. The lowest BCUT2D eigenvalue weighted by Gasteiger charge is -2.32. The number of likely N-dealkylation sites (N-methyl/N-ethyl adjacent to an activating group) is 1. The van der Waals surface area contributed by atoms with Gasteiger partial charge in [0.1, 0.15) is 6.61 Å². The molecule has 0 bridgehead atoms. The molecule has 0 unspecified atom stereocenters. The average molecular weight is 314 g/mol. The first-order valence-corrected chi connectivity index (χ1v) is 7.02. The molecule has 0 radical (unpaired) electrons. The highest BCUT2D eigenvalue weighted by Crippen LogP contribution is 2.00. The van der Waals surface area contributed by atoms with Crippen molar-refractivity contribution in [2.24, 2.45) is 10.9 Å². The Balaban J connectivity index is 0.00000220. The number of halogens is 1. The van der Waals surface area contributed by atoms with Crippen LogP contribution >= 0.6 is 12.4 Å². The van der Waals surface area contributed by atoms with Crippen molar-refractivity contribution >= 4 is 18.2 Å². The molecular weight excluding hydrogens is 290 g/mol. The molecular formula is C14H24ClN5O. The molecule has 1 saturated heterocycles. The summed E-state index contributed by atoms with van der Waals surface area (Å²) < 4.78 is 0. The van der Waals surface area contributed by atoms with Crippen LogP contribution in [-0.2, 0) is 4.84 Å². The summed E-state index contributed by atoms with van der Waals surface area (Å²) in [5.41, 5.74) is 6.59. The summed E-state index contributed by atoms with van der Waals surface area (Å²) in [4.78, 5) is 14.1. The number of nitrogens with zero attached hydrogens (tertiary/aromatic N) is 4. The second-order valence-electron chi connectivity index (χ2n) is 5.05. The van der Waals surface area contributed by atoms with Gasteiger partial charge in [0.05, 0.1) is 0 Å². The standard InChI is InChI=1S/C14H23N5O.ClH/c1-18-7-9-19(10-8-18)6-3-11-20-17-14(15)13-4-2-5-16-12-13;/h2,4-5,12H,3,6-11H2,1H3,(H2,15,17);1H. The number of aromatic nitrogens is 1. The lowest BCUT2D eigenvalue weighted by atomic mass is 10.3. The van der Waals surface area contributed by atoms with Gasteiger partial charge in [-0.3, -0.25) is 4.98 Å². The van der Waals surface area contributed by atoms with E-state index in [2.05, 4.69) is 27.0 Å². The van der Waals surface area contributed by atoms with Gasteiger partial charge < -0.3 is 20.4 Å². The molecule has 6 nitrogen and oxygen atoms in total. The summed E-state index contributed by atoms with van der Waals surface area (Å²) >= 11 is 0. The Labute approximate surface area is 132 Å². The van der Waals surface area contributed by atoms with Crippen LogP contribution in [0.5, 0.6) is 0 Å². The van der Waals surface area contributed by atoms with E-state index in [0.29, 0.717) is 12.4 Å². The Morgan fingerprint density at radius 1 is 1.38 bits per heavy atom. The molecule has 1 aliphatic heterocycles. The van der Waals surface area contributed by atoms with Crippen LogP contribution in [0.25, 0.3) is 0 Å². The van der Waals surface area contributed by atoms with E-state index in [-0.39, 0.29) is 12.4 Å². The predicted octanol–water partition coefficient (Wildman–Crippen LogP) is 0.778. The summed E-state index contributed by atoms with van der Waals surface area (Å²) in [5.74, 6) is 0.373. The molecule has 2 heterocycles. The smallest absolute Gasteiger partial charge is 0.171 e. The third kappa shape index (κ3) is 6.29. The van der Waals surface area contributed by atoms with E-state index in [1.807, 2.05) is 12.1 Å². The molecule has 0 saturated carbocycles. The van der Waals surface area contributed by atoms with E-state index in [9.17, 15) is 0 Å². The van der Waals surface area contributed by atoms with Crippen molar-refractivity contribution in [3.8, 4) is 0 Å². The van der Waals surface area contributed by atoms with Gasteiger partial charge in [0.25, 0.3) is 0 Å². The van der Waals surface area contributed by atoms with Gasteiger partial charge in [-0.15, -0.1) is 12.4 Å². The Morgan fingerprint density at radius 2 is 2.14 bits per heavy atom. The molecule has 1 fully saturated rings. The highest BCUT2D eigenvalue weighted by Gasteiger charge is 2.12. The van der Waals surface area contributed by atoms with Crippen LogP contribution in [-0.4, -0.2) is 67.0 Å².